The summed E-state index contributed by atoms with van der Waals surface area (Å²) < 4.78 is 30.9. The number of thiophene rings is 5. The van der Waals surface area contributed by atoms with Gasteiger partial charge in [-0.1, -0.05) is 170 Å². The third-order valence-corrected chi connectivity index (χ3v) is 33.7. The van der Waals surface area contributed by atoms with Gasteiger partial charge in [-0.15, -0.1) is 66.9 Å². The summed E-state index contributed by atoms with van der Waals surface area (Å²) in [5.41, 5.74) is 24.1. The van der Waals surface area contributed by atoms with Crippen molar-refractivity contribution in [1.82, 2.24) is 14.8 Å². The molecule has 6 atom stereocenters. The van der Waals surface area contributed by atoms with Crippen LogP contribution in [0, 0.1) is 53.8 Å². The van der Waals surface area contributed by atoms with Gasteiger partial charge in [-0.2, -0.15) is 5.26 Å². The van der Waals surface area contributed by atoms with Crippen LogP contribution >= 0.6 is 142 Å². The van der Waals surface area contributed by atoms with E-state index in [0.29, 0.717) is 180 Å². The van der Waals surface area contributed by atoms with Gasteiger partial charge in [0.25, 0.3) is 0 Å². The molecule has 7 N–H and O–H groups in total. The number of halogens is 7. The number of ketones is 5. The molecular formula is C106H94BrCl6N11O20S5. The Morgan fingerprint density at radius 1 is 0.443 bits per heavy atom. The molecule has 0 saturated heterocycles. The molecule has 2 aliphatic heterocycles. The molecular weight excluding hydrogens is 2200 g/mol. The van der Waals surface area contributed by atoms with Gasteiger partial charge in [0, 0.05) is 91.8 Å². The van der Waals surface area contributed by atoms with Crippen LogP contribution in [0.3, 0.4) is 0 Å². The number of hydrogen-bond donors (Lipinski definition) is 5. The number of nitrogen functional groups attached to an aromatic ring is 1. The molecule has 149 heavy (non-hydrogen) atoms. The number of benzene rings is 6. The molecule has 12 aromatic rings. The van der Waals surface area contributed by atoms with Crippen LogP contribution in [-0.4, -0.2) is 170 Å². The van der Waals surface area contributed by atoms with Crippen molar-refractivity contribution in [3.05, 3.63) is 301 Å². The summed E-state index contributed by atoms with van der Waals surface area (Å²) in [5.74, 6) is -2.73. The number of carbonyl (C=O) groups excluding carboxylic acids is 14. The Morgan fingerprint density at radius 3 is 1.21 bits per heavy atom. The SMILES string of the molecule is COC(=O)C1CCC(=O)C1.COC(=O)C1Cc2sc(N)c(C(=O)c3ccccc3Cl)c2C1.COC(=O)C1Cc2sc(NC(=O)CBr)c(C(=O)c3ccccc3Cl)c2C1.COC(=O)C1Cc2sc(NC(=O)CN)c(C(=O)c3ccccc3Cl)c2C1.COC(=O)C1Cc2sc3c(c2C1)C(c1ccccc1Cl)=NCC(=O)N3.COC(=O)C1Cc2sc3c(c2C1)C(c1ccccc1Cl)=NCc1nnc(C)n1-3.N#CCC(=O)c1ccccc1Cl. The molecule has 6 aromatic heterocycles. The van der Waals surface area contributed by atoms with E-state index in [-0.39, 0.29) is 143 Å². The Kier molecular flexibility index (Phi) is 38.2. The van der Waals surface area contributed by atoms with Gasteiger partial charge in [0.2, 0.25) is 17.7 Å². The lowest BCUT2D eigenvalue weighted by atomic mass is 9.97. The normalized spacial score (nSPS) is 16.6. The number of aromatic nitrogens is 3. The number of fused-ring (bicyclic) bond motifs is 11. The maximum atomic E-state index is 13.2. The number of esters is 6. The predicted molar refractivity (Wildman–Crippen MR) is 577 cm³/mol. The van der Waals surface area contributed by atoms with Crippen LogP contribution in [-0.2, 0) is 147 Å². The zero-order valence-electron chi connectivity index (χ0n) is 80.7. The molecule has 6 aromatic carbocycles. The van der Waals surface area contributed by atoms with E-state index in [2.05, 4.69) is 56.4 Å². The van der Waals surface area contributed by atoms with Crippen molar-refractivity contribution in [2.45, 2.75) is 103 Å². The Bertz CT molecular complexity index is 7300. The third-order valence-electron chi connectivity index (χ3n) is 25.4. The van der Waals surface area contributed by atoms with Crippen LogP contribution < -0.4 is 27.4 Å². The Balaban J connectivity index is 0.000000140. The van der Waals surface area contributed by atoms with E-state index in [0.717, 1.165) is 96.9 Å². The van der Waals surface area contributed by atoms with Gasteiger partial charge < -0.3 is 55.8 Å². The lowest BCUT2D eigenvalue weighted by molar-refractivity contribution is -0.146. The van der Waals surface area contributed by atoms with Gasteiger partial charge in [0.05, 0.1) is 156 Å². The first-order valence-corrected chi connectivity index (χ1v) is 53.7. The number of anilines is 4. The lowest BCUT2D eigenvalue weighted by Gasteiger charge is -2.12. The minimum Gasteiger partial charge on any atom is -0.469 e. The molecule has 0 radical (unpaired) electrons. The molecule has 3 amide bonds. The summed E-state index contributed by atoms with van der Waals surface area (Å²) in [6.45, 7) is 2.24. The molecule has 6 unspecified atom stereocenters. The zero-order valence-corrected chi connectivity index (χ0v) is 90.9. The van der Waals surface area contributed by atoms with Gasteiger partial charge in [0.15, 0.2) is 29.0 Å². The summed E-state index contributed by atoms with van der Waals surface area (Å²) in [6, 6.07) is 44.1. The summed E-state index contributed by atoms with van der Waals surface area (Å²) >= 11 is 47.4. The molecule has 20 rings (SSSR count). The number of alkyl halides is 1. The van der Waals surface area contributed by atoms with E-state index in [4.69, 9.17) is 115 Å². The quantitative estimate of drug-likeness (QED) is 0.0205. The maximum absolute atomic E-state index is 13.2. The minimum absolute atomic E-state index is 0.0527. The smallest absolute Gasteiger partial charge is 0.309 e. The van der Waals surface area contributed by atoms with Crippen molar-refractivity contribution in [2.75, 3.05) is 82.8 Å². The standard InChI is InChI=1S/C20H17ClN4O2S.C18H15BrClNO4S.C18H17ClN2O4S.C18H15ClN2O3S.C16H14ClNO3S.C9H6ClNO.C7H10O3/c1-10-23-24-16-9-22-18(12-5-3-4-6-14(12)21)17-13-7-11(20(26)27-2)8-15(13)28-19(17)25(10)16;1-25-18(24)9-6-11-13(7-9)26-17(21-14(22)8-19)15(11)16(23)10-4-2-3-5-12(10)20;1-25-18(24)9-6-11-13(7-9)26-17(21-14(22)8-20)15(11)16(23)10-4-2-3-5-12(10)19;1-24-18(23)9-6-11-13(7-9)25-17-15(11)16(20-8-14(22)21-17)10-4-2-3-5-12(10)19;1-21-16(20)8-6-10-12(7-8)22-15(18)13(10)14(19)9-4-2-3-5-11(9)17;10-8-4-2-1-3-7(8)9(12)5-6-11;1-10-7(9)5-2-3-6(8)4-5/h3-6,11H,7-9H2,1-2H3;2-5,9H,6-8H2,1H3,(H,21,22);2-5,9H,6-8,20H2,1H3,(H,21,22);2-5,9H,6-8H2,1H3,(H,21,22);2-5,8H,6-7,18H2,1H3;1-4H,5H2;5H,2-4H2,1H3. The molecule has 1 saturated carbocycles. The van der Waals surface area contributed by atoms with E-state index in [1.54, 1.807) is 114 Å². The third kappa shape index (κ3) is 25.3. The lowest BCUT2D eigenvalue weighted by Crippen LogP contribution is -2.23. The van der Waals surface area contributed by atoms with E-state index in [9.17, 15) is 67.1 Å². The first-order valence-electron chi connectivity index (χ1n) is 46.3. The highest BCUT2D eigenvalue weighted by molar-refractivity contribution is 9.09. The van der Waals surface area contributed by atoms with E-state index in [1.165, 1.54) is 92.9 Å². The second-order valence-corrected chi connectivity index (χ2v) is 43.2. The number of aliphatic imine (C=N–C) groups is 2. The summed E-state index contributed by atoms with van der Waals surface area (Å²) in [5, 5.41) is 31.3. The van der Waals surface area contributed by atoms with Crippen LogP contribution in [0.4, 0.5) is 20.0 Å². The number of ether oxygens (including phenoxy) is 6. The number of Topliss-reactive ketones (excluding diaryl/α,β-unsaturated/α-hetero) is 2. The summed E-state index contributed by atoms with van der Waals surface area (Å²) in [7, 11) is 8.28. The number of amides is 3. The van der Waals surface area contributed by atoms with Crippen molar-refractivity contribution < 1.29 is 95.5 Å². The number of hydrogen-bond acceptors (Lipinski definition) is 32. The van der Waals surface area contributed by atoms with Crippen LogP contribution in [0.15, 0.2) is 156 Å². The number of nitrogens with zero attached hydrogens (tertiary/aromatic N) is 6. The van der Waals surface area contributed by atoms with Crippen LogP contribution in [0.25, 0.3) is 5.00 Å². The number of nitrogens with one attached hydrogen (secondary N) is 3. The topological polar surface area (TPSA) is 462 Å². The minimum atomic E-state index is -0.386. The molecule has 31 nitrogen and oxygen atoms in total. The average molecular weight is 2290 g/mol. The van der Waals surface area contributed by atoms with E-state index >= 15 is 0 Å². The number of aryl methyl sites for hydroxylation is 1. The molecule has 6 aliphatic carbocycles. The van der Waals surface area contributed by atoms with Crippen molar-refractivity contribution in [3.63, 3.8) is 0 Å². The molecule has 8 heterocycles. The van der Waals surface area contributed by atoms with Crippen molar-refractivity contribution in [3.8, 4) is 11.1 Å². The molecule has 0 bridgehead atoms. The molecule has 1 fully saturated rings. The van der Waals surface area contributed by atoms with Crippen molar-refractivity contribution in [1.29, 1.82) is 5.26 Å². The number of methoxy groups -OCH3 is 6. The van der Waals surface area contributed by atoms with Crippen LogP contribution in [0.2, 0.25) is 30.1 Å². The monoisotopic (exact) mass is 2290 g/mol. The van der Waals surface area contributed by atoms with Crippen LogP contribution in [0.5, 0.6) is 0 Å². The average Bonchev–Trinajstić information content (AvgIpc) is 1.58. The van der Waals surface area contributed by atoms with Crippen molar-refractivity contribution in [2.24, 2.45) is 51.2 Å². The number of rotatable bonds is 20. The summed E-state index contributed by atoms with van der Waals surface area (Å²) in [6.07, 6.45) is 6.87. The highest BCUT2D eigenvalue weighted by Gasteiger charge is 2.44. The van der Waals surface area contributed by atoms with Gasteiger partial charge in [-0.25, -0.2) is 0 Å². The Hall–Kier alpha value is -12.7. The van der Waals surface area contributed by atoms with Crippen LogP contribution in [0.1, 0.15) is 170 Å². The summed E-state index contributed by atoms with van der Waals surface area (Å²) in [4.78, 5) is 181. The molecule has 43 heteroatoms. The first kappa shape index (κ1) is 112. The second-order valence-electron chi connectivity index (χ2n) is 34.6. The predicted octanol–water partition coefficient (Wildman–Crippen LogP) is 18.9. The number of carbonyl (C=O) groups is 14. The van der Waals surface area contributed by atoms with Gasteiger partial charge in [-0.3, -0.25) is 81.7 Å². The fourth-order valence-electron chi connectivity index (χ4n) is 18.4. The van der Waals surface area contributed by atoms with E-state index in [1.807, 2.05) is 55.5 Å². The molecule has 772 valence electrons. The second kappa shape index (κ2) is 50.8. The maximum Gasteiger partial charge on any atom is 0.309 e. The van der Waals surface area contributed by atoms with E-state index < -0.39 is 0 Å². The number of nitrogens with two attached hydrogens (primary N) is 2. The van der Waals surface area contributed by atoms with Gasteiger partial charge in [0.1, 0.15) is 44.7 Å². The fourth-order valence-corrected chi connectivity index (χ4v) is 26.5. The zero-order chi connectivity index (χ0) is 107. The van der Waals surface area contributed by atoms with Gasteiger partial charge >= 0.3 is 35.8 Å². The largest absolute Gasteiger partial charge is 0.469 e. The van der Waals surface area contributed by atoms with Gasteiger partial charge in [-0.05, 0) is 166 Å². The molecule has 8 aliphatic rings. The highest BCUT2D eigenvalue weighted by Crippen LogP contribution is 2.50. The Morgan fingerprint density at radius 2 is 0.805 bits per heavy atom. The first-order chi connectivity index (χ1) is 71.6. The van der Waals surface area contributed by atoms with Crippen molar-refractivity contribution >= 4 is 256 Å². The molecule has 0 spiro atoms. The highest BCUT2D eigenvalue weighted by atomic mass is 79.9. The number of nitriles is 1. The fraction of sp³-hybridized carbons (Fsp3) is 0.292. The Labute approximate surface area is 913 Å².